The molecule has 0 saturated carbocycles. The number of hydrogen-bond acceptors (Lipinski definition) is 6. The van der Waals surface area contributed by atoms with Gasteiger partial charge >= 0.3 is 0 Å². The molecule has 2 aliphatic rings. The molecule has 0 radical (unpaired) electrons. The number of carbonyl (C=O) groups is 3. The predicted octanol–water partition coefficient (Wildman–Crippen LogP) is 1.93. The van der Waals surface area contributed by atoms with E-state index in [0.29, 0.717) is 11.4 Å². The van der Waals surface area contributed by atoms with Crippen LogP contribution < -0.4 is 10.2 Å². The Morgan fingerprint density at radius 1 is 1.04 bits per heavy atom. The molecule has 0 spiro atoms. The minimum absolute atomic E-state index is 0.166. The van der Waals surface area contributed by atoms with E-state index in [9.17, 15) is 14.4 Å². The molecule has 2 aromatic rings. The van der Waals surface area contributed by atoms with Crippen LogP contribution in [0.25, 0.3) is 0 Å². The van der Waals surface area contributed by atoms with Gasteiger partial charge in [-0.1, -0.05) is 41.6 Å². The van der Waals surface area contributed by atoms with Gasteiger partial charge in [-0.3, -0.25) is 19.4 Å². The second kappa shape index (κ2) is 6.64. The Balaban J connectivity index is 1.51. The van der Waals surface area contributed by atoms with Crippen molar-refractivity contribution in [3.8, 4) is 0 Å². The minimum Gasteiger partial charge on any atom is -0.324 e. The van der Waals surface area contributed by atoms with Crippen LogP contribution in [0.5, 0.6) is 0 Å². The molecule has 0 bridgehead atoms. The number of carbonyl (C=O) groups excluding carboxylic acids is 3. The van der Waals surface area contributed by atoms with Crippen LogP contribution in [0.3, 0.4) is 0 Å². The monoisotopic (exact) mass is 363 g/mol. The van der Waals surface area contributed by atoms with Gasteiger partial charge in [-0.25, -0.2) is 4.90 Å². The molecule has 136 valence electrons. The summed E-state index contributed by atoms with van der Waals surface area (Å²) in [5.41, 5.74) is 1.99. The number of rotatable bonds is 4. The third kappa shape index (κ3) is 2.95. The Kier molecular flexibility index (Phi) is 4.15. The molecule has 2 aromatic carbocycles. The van der Waals surface area contributed by atoms with Crippen molar-refractivity contribution in [3.05, 3.63) is 60.2 Å². The molecular weight excluding hydrogens is 346 g/mol. The van der Waals surface area contributed by atoms with Crippen LogP contribution in [0.2, 0.25) is 0 Å². The molecule has 8 nitrogen and oxygen atoms in total. The zero-order valence-electron chi connectivity index (χ0n) is 14.6. The molecular formula is C19H17N5O3. The van der Waals surface area contributed by atoms with Crippen molar-refractivity contribution in [2.45, 2.75) is 19.0 Å². The Morgan fingerprint density at radius 3 is 2.48 bits per heavy atom. The number of nitrogens with one attached hydrogen (secondary N) is 1. The lowest BCUT2D eigenvalue weighted by atomic mass is 10.1. The Hall–Kier alpha value is -3.55. The van der Waals surface area contributed by atoms with Gasteiger partial charge in [0.05, 0.1) is 5.69 Å². The largest absolute Gasteiger partial charge is 0.324 e. The predicted molar refractivity (Wildman–Crippen MR) is 97.9 cm³/mol. The summed E-state index contributed by atoms with van der Waals surface area (Å²) in [4.78, 5) is 39.0. The Labute approximate surface area is 155 Å². The highest BCUT2D eigenvalue weighted by Crippen LogP contribution is 2.33. The van der Waals surface area contributed by atoms with Crippen molar-refractivity contribution >= 4 is 29.1 Å². The number of imide groups is 1. The Bertz CT molecular complexity index is 943. The fraction of sp³-hybridized carbons (Fsp3) is 0.211. The second-order valence-corrected chi connectivity index (χ2v) is 6.40. The molecule has 2 heterocycles. The SMILES string of the molecule is Cc1ccccc1N1C(=O)[C@H]2N=NN(CC(=O)Nc3ccccc3)[C@@H]2C1=O. The van der Waals surface area contributed by atoms with E-state index in [4.69, 9.17) is 0 Å². The summed E-state index contributed by atoms with van der Waals surface area (Å²) in [6, 6.07) is 14.3. The summed E-state index contributed by atoms with van der Waals surface area (Å²) in [7, 11) is 0. The molecule has 2 aliphatic heterocycles. The van der Waals surface area contributed by atoms with E-state index >= 15 is 0 Å². The van der Waals surface area contributed by atoms with E-state index in [1.807, 2.05) is 25.1 Å². The molecule has 0 aromatic heterocycles. The molecule has 4 rings (SSSR count). The van der Waals surface area contributed by atoms with E-state index in [1.165, 1.54) is 5.01 Å². The molecule has 2 atom stereocenters. The van der Waals surface area contributed by atoms with E-state index in [-0.39, 0.29) is 12.5 Å². The van der Waals surface area contributed by atoms with Crippen molar-refractivity contribution in [1.29, 1.82) is 0 Å². The fourth-order valence-electron chi connectivity index (χ4n) is 3.27. The molecule has 3 amide bonds. The van der Waals surface area contributed by atoms with Crippen molar-refractivity contribution in [2.75, 3.05) is 16.8 Å². The topological polar surface area (TPSA) is 94.4 Å². The number of amides is 3. The van der Waals surface area contributed by atoms with Gasteiger partial charge in [-0.2, -0.15) is 5.11 Å². The minimum atomic E-state index is -0.915. The lowest BCUT2D eigenvalue weighted by molar-refractivity contribution is -0.123. The van der Waals surface area contributed by atoms with Crippen LogP contribution in [0.15, 0.2) is 64.9 Å². The maximum absolute atomic E-state index is 12.9. The van der Waals surface area contributed by atoms with Gasteiger partial charge in [0, 0.05) is 5.69 Å². The van der Waals surface area contributed by atoms with Crippen molar-refractivity contribution in [1.82, 2.24) is 5.01 Å². The first kappa shape index (κ1) is 16.9. The number of anilines is 2. The maximum atomic E-state index is 12.9. The lowest BCUT2D eigenvalue weighted by Crippen LogP contribution is -2.43. The first-order chi connectivity index (χ1) is 13.1. The number of fused-ring (bicyclic) bond motifs is 1. The van der Waals surface area contributed by atoms with Gasteiger partial charge in [-0.15, -0.1) is 0 Å². The van der Waals surface area contributed by atoms with Crippen LogP contribution in [0, 0.1) is 6.92 Å². The highest BCUT2D eigenvalue weighted by atomic mass is 16.2. The van der Waals surface area contributed by atoms with E-state index in [0.717, 1.165) is 10.5 Å². The molecule has 8 heteroatoms. The second-order valence-electron chi connectivity index (χ2n) is 6.40. The number of para-hydroxylation sites is 2. The third-order valence-electron chi connectivity index (χ3n) is 4.58. The van der Waals surface area contributed by atoms with E-state index in [1.54, 1.807) is 36.4 Å². The van der Waals surface area contributed by atoms with Gasteiger partial charge in [0.2, 0.25) is 5.91 Å². The van der Waals surface area contributed by atoms with Crippen LogP contribution >= 0.6 is 0 Å². The number of nitrogens with zero attached hydrogens (tertiary/aromatic N) is 4. The zero-order valence-corrected chi connectivity index (χ0v) is 14.6. The van der Waals surface area contributed by atoms with Crippen molar-refractivity contribution < 1.29 is 14.4 Å². The molecule has 1 saturated heterocycles. The smallest absolute Gasteiger partial charge is 0.263 e. The van der Waals surface area contributed by atoms with Crippen molar-refractivity contribution in [2.24, 2.45) is 10.3 Å². The van der Waals surface area contributed by atoms with Gasteiger partial charge in [0.15, 0.2) is 12.1 Å². The first-order valence-electron chi connectivity index (χ1n) is 8.52. The summed E-state index contributed by atoms with van der Waals surface area (Å²) in [6.07, 6.45) is 0. The fourth-order valence-corrected chi connectivity index (χ4v) is 3.27. The van der Waals surface area contributed by atoms with Gasteiger partial charge in [0.25, 0.3) is 11.8 Å². The molecule has 1 N–H and O–H groups in total. The van der Waals surface area contributed by atoms with Crippen LogP contribution in [0.1, 0.15) is 5.56 Å². The molecule has 0 unspecified atom stereocenters. The highest BCUT2D eigenvalue weighted by Gasteiger charge is 2.55. The Morgan fingerprint density at radius 2 is 1.74 bits per heavy atom. The standard InChI is InChI=1S/C19H17N5O3/c1-12-7-5-6-10-14(12)24-18(26)16-17(19(24)27)23(22-21-16)11-15(25)20-13-8-3-2-4-9-13/h2-10,16-17H,11H2,1H3,(H,20,25)/t16-,17-/m0/s1. The maximum Gasteiger partial charge on any atom is 0.263 e. The summed E-state index contributed by atoms with van der Waals surface area (Å²) in [5.74, 6) is -1.18. The van der Waals surface area contributed by atoms with Crippen LogP contribution in [0.4, 0.5) is 11.4 Å². The van der Waals surface area contributed by atoms with Gasteiger partial charge in [-0.05, 0) is 30.7 Å². The summed E-state index contributed by atoms with van der Waals surface area (Å²) >= 11 is 0. The number of benzene rings is 2. The lowest BCUT2D eigenvalue weighted by Gasteiger charge is -2.21. The quantitative estimate of drug-likeness (QED) is 0.840. The number of aryl methyl sites for hydroxylation is 1. The molecule has 1 fully saturated rings. The molecule has 27 heavy (non-hydrogen) atoms. The summed E-state index contributed by atoms with van der Waals surface area (Å²) < 4.78 is 0. The van der Waals surface area contributed by atoms with Gasteiger partial charge in [0.1, 0.15) is 6.54 Å². The van der Waals surface area contributed by atoms with Gasteiger partial charge < -0.3 is 5.32 Å². The van der Waals surface area contributed by atoms with Crippen molar-refractivity contribution in [3.63, 3.8) is 0 Å². The molecule has 0 aliphatic carbocycles. The summed E-state index contributed by atoms with van der Waals surface area (Å²) in [6.45, 7) is 1.66. The van der Waals surface area contributed by atoms with E-state index in [2.05, 4.69) is 15.7 Å². The first-order valence-corrected chi connectivity index (χ1v) is 8.52. The average Bonchev–Trinajstić information content (AvgIpc) is 3.17. The van der Waals surface area contributed by atoms with Crippen LogP contribution in [-0.2, 0) is 14.4 Å². The third-order valence-corrected chi connectivity index (χ3v) is 4.58. The normalized spacial score (nSPS) is 20.9. The zero-order chi connectivity index (χ0) is 19.0. The average molecular weight is 363 g/mol. The highest BCUT2D eigenvalue weighted by molar-refractivity contribution is 6.25. The number of hydrogen-bond donors (Lipinski definition) is 1. The van der Waals surface area contributed by atoms with Crippen LogP contribution in [-0.4, -0.2) is 41.4 Å². The summed E-state index contributed by atoms with van der Waals surface area (Å²) in [5, 5.41) is 11.8. The van der Waals surface area contributed by atoms with E-state index < -0.39 is 23.9 Å².